The van der Waals surface area contributed by atoms with E-state index in [0.717, 1.165) is 30.8 Å². The quantitative estimate of drug-likeness (QED) is 0.858. The first kappa shape index (κ1) is 15.7. The zero-order valence-electron chi connectivity index (χ0n) is 12.8. The number of carbonyl (C=O) groups excluding carboxylic acids is 2. The number of carbonyl (C=O) groups is 2. The predicted molar refractivity (Wildman–Crippen MR) is 90.8 cm³/mol. The molecule has 3 rings (SSSR count). The van der Waals surface area contributed by atoms with E-state index in [1.54, 1.807) is 12.3 Å². The largest absolute Gasteiger partial charge is 0.352 e. The second-order valence-corrected chi connectivity index (χ2v) is 6.27. The SMILES string of the molecule is O=C(NCCCC(=O)N1CCCc2ncccc21)c1ccsc1. The maximum Gasteiger partial charge on any atom is 0.252 e. The van der Waals surface area contributed by atoms with Crippen molar-refractivity contribution >= 4 is 28.8 Å². The molecule has 2 amide bonds. The van der Waals surface area contributed by atoms with E-state index in [1.165, 1.54) is 11.3 Å². The van der Waals surface area contributed by atoms with Gasteiger partial charge in [-0.3, -0.25) is 14.6 Å². The second kappa shape index (κ2) is 7.37. The number of aromatic nitrogens is 1. The Morgan fingerprint density at radius 3 is 3.09 bits per heavy atom. The average molecular weight is 329 g/mol. The van der Waals surface area contributed by atoms with Crippen LogP contribution in [0.5, 0.6) is 0 Å². The van der Waals surface area contributed by atoms with Gasteiger partial charge in [-0.05, 0) is 42.8 Å². The zero-order chi connectivity index (χ0) is 16.1. The minimum absolute atomic E-state index is 0.0776. The van der Waals surface area contributed by atoms with Crippen molar-refractivity contribution in [1.29, 1.82) is 0 Å². The maximum absolute atomic E-state index is 12.4. The third-order valence-electron chi connectivity index (χ3n) is 3.89. The van der Waals surface area contributed by atoms with Gasteiger partial charge in [0.25, 0.3) is 5.91 Å². The lowest BCUT2D eigenvalue weighted by Gasteiger charge is -2.28. The first-order valence-corrected chi connectivity index (χ1v) is 8.74. The lowest BCUT2D eigenvalue weighted by molar-refractivity contribution is -0.118. The smallest absolute Gasteiger partial charge is 0.252 e. The van der Waals surface area contributed by atoms with Gasteiger partial charge in [0.1, 0.15) is 0 Å². The molecule has 1 aliphatic rings. The maximum atomic E-state index is 12.4. The molecule has 0 aliphatic carbocycles. The van der Waals surface area contributed by atoms with E-state index in [1.807, 2.05) is 27.8 Å². The van der Waals surface area contributed by atoms with Crippen LogP contribution in [-0.4, -0.2) is 29.9 Å². The molecule has 1 aliphatic heterocycles. The van der Waals surface area contributed by atoms with E-state index < -0.39 is 0 Å². The molecule has 23 heavy (non-hydrogen) atoms. The molecule has 120 valence electrons. The van der Waals surface area contributed by atoms with Crippen LogP contribution in [0, 0.1) is 0 Å². The molecular formula is C17H19N3O2S. The van der Waals surface area contributed by atoms with E-state index in [4.69, 9.17) is 0 Å². The highest BCUT2D eigenvalue weighted by molar-refractivity contribution is 7.08. The summed E-state index contributed by atoms with van der Waals surface area (Å²) in [6.07, 6.45) is 4.72. The topological polar surface area (TPSA) is 62.3 Å². The molecule has 0 radical (unpaired) electrons. The van der Waals surface area contributed by atoms with Crippen LogP contribution in [0.2, 0.25) is 0 Å². The van der Waals surface area contributed by atoms with E-state index in [2.05, 4.69) is 10.3 Å². The van der Waals surface area contributed by atoms with Crippen molar-refractivity contribution in [3.63, 3.8) is 0 Å². The lowest BCUT2D eigenvalue weighted by Crippen LogP contribution is -2.36. The van der Waals surface area contributed by atoms with Crippen LogP contribution in [0.4, 0.5) is 5.69 Å². The molecule has 6 heteroatoms. The van der Waals surface area contributed by atoms with Gasteiger partial charge in [-0.2, -0.15) is 11.3 Å². The van der Waals surface area contributed by atoms with Gasteiger partial charge in [-0.15, -0.1) is 0 Å². The summed E-state index contributed by atoms with van der Waals surface area (Å²) in [7, 11) is 0. The second-order valence-electron chi connectivity index (χ2n) is 5.49. The molecule has 0 saturated carbocycles. The van der Waals surface area contributed by atoms with Crippen molar-refractivity contribution in [2.45, 2.75) is 25.7 Å². The summed E-state index contributed by atoms with van der Waals surface area (Å²) in [4.78, 5) is 30.4. The number of pyridine rings is 1. The van der Waals surface area contributed by atoms with Gasteiger partial charge in [0.2, 0.25) is 5.91 Å². The number of hydrogen-bond donors (Lipinski definition) is 1. The molecule has 0 unspecified atom stereocenters. The fraction of sp³-hybridized carbons (Fsp3) is 0.353. The number of amides is 2. The highest BCUT2D eigenvalue weighted by Gasteiger charge is 2.22. The summed E-state index contributed by atoms with van der Waals surface area (Å²) < 4.78 is 0. The Morgan fingerprint density at radius 2 is 2.26 bits per heavy atom. The van der Waals surface area contributed by atoms with Crippen LogP contribution in [0.1, 0.15) is 35.3 Å². The summed E-state index contributed by atoms with van der Waals surface area (Å²) in [5.74, 6) is 0.0231. The Morgan fingerprint density at radius 1 is 1.35 bits per heavy atom. The van der Waals surface area contributed by atoms with Crippen molar-refractivity contribution in [3.05, 3.63) is 46.4 Å². The molecule has 0 saturated heterocycles. The Hall–Kier alpha value is -2.21. The van der Waals surface area contributed by atoms with Gasteiger partial charge in [-0.25, -0.2) is 0 Å². The van der Waals surface area contributed by atoms with Crippen LogP contribution < -0.4 is 10.2 Å². The Bertz CT molecular complexity index is 685. The van der Waals surface area contributed by atoms with Gasteiger partial charge in [0, 0.05) is 36.7 Å². The molecule has 2 aromatic heterocycles. The molecule has 0 bridgehead atoms. The molecule has 1 N–H and O–H groups in total. The molecule has 2 aromatic rings. The van der Waals surface area contributed by atoms with E-state index in [-0.39, 0.29) is 11.8 Å². The number of aryl methyl sites for hydroxylation is 1. The van der Waals surface area contributed by atoms with E-state index >= 15 is 0 Å². The number of fused-ring (bicyclic) bond motifs is 1. The van der Waals surface area contributed by atoms with Crippen molar-refractivity contribution < 1.29 is 9.59 Å². The summed E-state index contributed by atoms with van der Waals surface area (Å²) in [5, 5.41) is 6.54. The minimum Gasteiger partial charge on any atom is -0.352 e. The highest BCUT2D eigenvalue weighted by Crippen LogP contribution is 2.25. The summed E-state index contributed by atoms with van der Waals surface area (Å²) in [5.41, 5.74) is 2.61. The van der Waals surface area contributed by atoms with Crippen molar-refractivity contribution in [3.8, 4) is 0 Å². The Kier molecular flexibility index (Phi) is 5.02. The standard InChI is InChI=1S/C17H19N3O2S/c21-16(6-2-9-19-17(22)13-7-11-23-12-13)20-10-3-4-14-15(20)5-1-8-18-14/h1,5,7-8,11-12H,2-4,6,9-10H2,(H,19,22). The van der Waals surface area contributed by atoms with Crippen molar-refractivity contribution in [2.75, 3.05) is 18.0 Å². The number of nitrogens with zero attached hydrogens (tertiary/aromatic N) is 2. The van der Waals surface area contributed by atoms with Gasteiger partial charge >= 0.3 is 0 Å². The number of rotatable bonds is 5. The first-order chi connectivity index (χ1) is 11.3. The predicted octanol–water partition coefficient (Wildman–Crippen LogP) is 2.63. The van der Waals surface area contributed by atoms with E-state index in [9.17, 15) is 9.59 Å². The molecule has 0 fully saturated rings. The Balaban J connectivity index is 1.48. The number of thiophene rings is 1. The van der Waals surface area contributed by atoms with Crippen LogP contribution in [0.3, 0.4) is 0 Å². The number of hydrogen-bond acceptors (Lipinski definition) is 4. The number of nitrogens with one attached hydrogen (secondary N) is 1. The number of anilines is 1. The molecule has 0 aromatic carbocycles. The normalized spacial score (nSPS) is 13.5. The fourth-order valence-corrected chi connectivity index (χ4v) is 3.36. The molecular weight excluding hydrogens is 310 g/mol. The van der Waals surface area contributed by atoms with Crippen LogP contribution >= 0.6 is 11.3 Å². The van der Waals surface area contributed by atoms with E-state index in [0.29, 0.717) is 24.9 Å². The Labute approximate surface area is 139 Å². The van der Waals surface area contributed by atoms with Crippen molar-refractivity contribution in [2.24, 2.45) is 0 Å². The fourth-order valence-electron chi connectivity index (χ4n) is 2.72. The summed E-state index contributed by atoms with van der Waals surface area (Å²) in [6.45, 7) is 1.26. The summed E-state index contributed by atoms with van der Waals surface area (Å²) in [6, 6.07) is 5.62. The van der Waals surface area contributed by atoms with Gasteiger partial charge in [0.15, 0.2) is 0 Å². The van der Waals surface area contributed by atoms with Crippen LogP contribution in [-0.2, 0) is 11.2 Å². The molecule has 0 spiro atoms. The third-order valence-corrected chi connectivity index (χ3v) is 4.57. The molecule has 5 nitrogen and oxygen atoms in total. The summed E-state index contributed by atoms with van der Waals surface area (Å²) >= 11 is 1.50. The third kappa shape index (κ3) is 3.76. The molecule has 3 heterocycles. The minimum atomic E-state index is -0.0776. The molecule has 0 atom stereocenters. The lowest BCUT2D eigenvalue weighted by atomic mass is 10.1. The highest BCUT2D eigenvalue weighted by atomic mass is 32.1. The zero-order valence-corrected chi connectivity index (χ0v) is 13.6. The van der Waals surface area contributed by atoms with Gasteiger partial charge in [0.05, 0.1) is 11.4 Å². The average Bonchev–Trinajstić information content (AvgIpc) is 3.12. The first-order valence-electron chi connectivity index (χ1n) is 7.80. The van der Waals surface area contributed by atoms with Crippen molar-refractivity contribution in [1.82, 2.24) is 10.3 Å². The van der Waals surface area contributed by atoms with Gasteiger partial charge in [-0.1, -0.05) is 0 Å². The van der Waals surface area contributed by atoms with Gasteiger partial charge < -0.3 is 10.2 Å². The monoisotopic (exact) mass is 329 g/mol. The van der Waals surface area contributed by atoms with Crippen LogP contribution in [0.25, 0.3) is 0 Å². The van der Waals surface area contributed by atoms with Crippen LogP contribution in [0.15, 0.2) is 35.2 Å².